The Labute approximate surface area is 259 Å². The molecule has 0 unspecified atom stereocenters. The summed E-state index contributed by atoms with van der Waals surface area (Å²) < 4.78 is 65.7. The van der Waals surface area contributed by atoms with Crippen molar-refractivity contribution in [2.24, 2.45) is 0 Å². The van der Waals surface area contributed by atoms with Gasteiger partial charge in [0.2, 0.25) is 0 Å². The Morgan fingerprint density at radius 1 is 0.614 bits per heavy atom. The standard InChI is InChI=1S/C30H52O14/c1-13-10-19(32)25(15(3)37-13)42-22-11-20(34-7)26(16(4)38-22)43-23-12-21(35-8)27(17(5)39-23)44-30-29(41-18(6)31)28(36-9)24(33)14(2)40-30/h13-17,19-30,32-33H,10-12H2,1-9H3/t13-,14+,15+,16+,17+,19-,20-,21-,22-,23-,24-,25+,26+,27+,28-,29+,30-/m0/s1. The maximum atomic E-state index is 11.9. The fourth-order valence-electron chi connectivity index (χ4n) is 6.71. The molecule has 4 fully saturated rings. The van der Waals surface area contributed by atoms with Gasteiger partial charge >= 0.3 is 5.97 Å². The van der Waals surface area contributed by atoms with Gasteiger partial charge in [-0.25, -0.2) is 0 Å². The quantitative estimate of drug-likeness (QED) is 0.328. The van der Waals surface area contributed by atoms with Gasteiger partial charge in [0.25, 0.3) is 0 Å². The van der Waals surface area contributed by atoms with Crippen LogP contribution in [0.15, 0.2) is 0 Å². The molecule has 4 rings (SSSR count). The van der Waals surface area contributed by atoms with E-state index in [1.807, 2.05) is 27.7 Å². The van der Waals surface area contributed by atoms with Gasteiger partial charge in [-0.3, -0.25) is 4.79 Å². The highest BCUT2D eigenvalue weighted by Crippen LogP contribution is 2.35. The summed E-state index contributed by atoms with van der Waals surface area (Å²) in [6.45, 7) is 10.5. The van der Waals surface area contributed by atoms with Crippen LogP contribution in [0.5, 0.6) is 0 Å². The maximum absolute atomic E-state index is 11.9. The van der Waals surface area contributed by atoms with Crippen LogP contribution in [0.25, 0.3) is 0 Å². The molecular weight excluding hydrogens is 584 g/mol. The topological polar surface area (TPSA) is 159 Å². The first-order valence-corrected chi connectivity index (χ1v) is 15.6. The molecule has 17 atom stereocenters. The average Bonchev–Trinajstić information content (AvgIpc) is 2.95. The Morgan fingerprint density at radius 3 is 1.64 bits per heavy atom. The molecule has 4 heterocycles. The van der Waals surface area contributed by atoms with Crippen molar-refractivity contribution in [1.82, 2.24) is 0 Å². The fourth-order valence-corrected chi connectivity index (χ4v) is 6.71. The summed E-state index contributed by atoms with van der Waals surface area (Å²) in [7, 11) is 4.61. The minimum absolute atomic E-state index is 0.0430. The number of rotatable bonds is 10. The van der Waals surface area contributed by atoms with Gasteiger partial charge in [0.15, 0.2) is 25.0 Å². The predicted molar refractivity (Wildman–Crippen MR) is 151 cm³/mol. The van der Waals surface area contributed by atoms with Crippen LogP contribution in [-0.4, -0.2) is 142 Å². The van der Waals surface area contributed by atoms with E-state index in [1.165, 1.54) is 14.0 Å². The summed E-state index contributed by atoms with van der Waals surface area (Å²) in [4.78, 5) is 11.9. The largest absolute Gasteiger partial charge is 0.454 e. The summed E-state index contributed by atoms with van der Waals surface area (Å²) in [5, 5.41) is 21.2. The first kappa shape index (κ1) is 35.8. The van der Waals surface area contributed by atoms with Crippen molar-refractivity contribution in [1.29, 1.82) is 0 Å². The molecule has 0 bridgehead atoms. The first-order chi connectivity index (χ1) is 20.9. The smallest absolute Gasteiger partial charge is 0.303 e. The number of aliphatic hydroxyl groups excluding tert-OH is 2. The van der Waals surface area contributed by atoms with Crippen molar-refractivity contribution in [3.63, 3.8) is 0 Å². The molecule has 4 aliphatic rings. The van der Waals surface area contributed by atoms with Gasteiger partial charge in [-0.05, 0) is 34.6 Å². The molecule has 0 amide bonds. The van der Waals surface area contributed by atoms with E-state index in [1.54, 1.807) is 21.1 Å². The van der Waals surface area contributed by atoms with E-state index in [-0.39, 0.29) is 18.3 Å². The van der Waals surface area contributed by atoms with Crippen molar-refractivity contribution < 1.29 is 67.1 Å². The zero-order chi connectivity index (χ0) is 32.3. The van der Waals surface area contributed by atoms with Crippen LogP contribution in [0.1, 0.15) is 60.8 Å². The lowest BCUT2D eigenvalue weighted by Gasteiger charge is -2.47. The van der Waals surface area contributed by atoms with Crippen molar-refractivity contribution in [3.8, 4) is 0 Å². The lowest BCUT2D eigenvalue weighted by molar-refractivity contribution is -0.354. The molecule has 256 valence electrons. The molecule has 14 nitrogen and oxygen atoms in total. The van der Waals surface area contributed by atoms with Crippen molar-refractivity contribution in [3.05, 3.63) is 0 Å². The number of aliphatic hydroxyl groups is 2. The lowest BCUT2D eigenvalue weighted by atomic mass is 9.97. The Morgan fingerprint density at radius 2 is 1.14 bits per heavy atom. The third kappa shape index (κ3) is 8.28. The number of hydrogen-bond donors (Lipinski definition) is 2. The molecule has 44 heavy (non-hydrogen) atoms. The van der Waals surface area contributed by atoms with E-state index >= 15 is 0 Å². The first-order valence-electron chi connectivity index (χ1n) is 15.6. The van der Waals surface area contributed by atoms with Gasteiger partial charge in [0.1, 0.15) is 30.5 Å². The number of methoxy groups -OCH3 is 3. The van der Waals surface area contributed by atoms with Crippen molar-refractivity contribution >= 4 is 5.97 Å². The van der Waals surface area contributed by atoms with Gasteiger partial charge in [-0.1, -0.05) is 0 Å². The molecule has 14 heteroatoms. The number of esters is 1. The lowest BCUT2D eigenvalue weighted by Crippen LogP contribution is -2.62. The van der Waals surface area contributed by atoms with E-state index in [4.69, 9.17) is 52.1 Å². The van der Waals surface area contributed by atoms with Crippen LogP contribution in [-0.2, 0) is 56.9 Å². The molecule has 2 N–H and O–H groups in total. The Kier molecular flexibility index (Phi) is 12.8. The summed E-state index contributed by atoms with van der Waals surface area (Å²) in [5.74, 6) is -0.558. The molecule has 0 spiro atoms. The van der Waals surface area contributed by atoms with Gasteiger partial charge in [-0.2, -0.15) is 0 Å². The molecule has 0 aliphatic carbocycles. The number of ether oxygens (including phenoxy) is 11. The molecule has 0 aromatic heterocycles. The Balaban J connectivity index is 1.38. The Hall–Kier alpha value is -1.01. The highest BCUT2D eigenvalue weighted by molar-refractivity contribution is 5.66. The molecule has 0 aromatic rings. The van der Waals surface area contributed by atoms with E-state index in [9.17, 15) is 15.0 Å². The molecular formula is C30H52O14. The molecule has 4 saturated heterocycles. The fraction of sp³-hybridized carbons (Fsp3) is 0.967. The van der Waals surface area contributed by atoms with Gasteiger partial charge in [0.05, 0.1) is 48.8 Å². The molecule has 0 radical (unpaired) electrons. The van der Waals surface area contributed by atoms with Crippen LogP contribution in [0.3, 0.4) is 0 Å². The van der Waals surface area contributed by atoms with Crippen LogP contribution in [0.2, 0.25) is 0 Å². The number of hydrogen-bond acceptors (Lipinski definition) is 14. The summed E-state index contributed by atoms with van der Waals surface area (Å²) in [6, 6.07) is 0. The van der Waals surface area contributed by atoms with Crippen LogP contribution in [0.4, 0.5) is 0 Å². The van der Waals surface area contributed by atoms with E-state index in [0.29, 0.717) is 19.3 Å². The van der Waals surface area contributed by atoms with Gasteiger partial charge < -0.3 is 62.3 Å². The monoisotopic (exact) mass is 636 g/mol. The second-order valence-electron chi connectivity index (χ2n) is 12.3. The van der Waals surface area contributed by atoms with Crippen molar-refractivity contribution in [2.45, 2.75) is 165 Å². The summed E-state index contributed by atoms with van der Waals surface area (Å²) >= 11 is 0. The number of carbonyl (C=O) groups excluding carboxylic acids is 1. The third-order valence-electron chi connectivity index (χ3n) is 8.95. The van der Waals surface area contributed by atoms with Gasteiger partial charge in [-0.15, -0.1) is 0 Å². The highest BCUT2D eigenvalue weighted by atomic mass is 16.8. The molecule has 0 aromatic carbocycles. The van der Waals surface area contributed by atoms with E-state index in [2.05, 4.69) is 0 Å². The van der Waals surface area contributed by atoms with Crippen LogP contribution in [0, 0.1) is 0 Å². The SMILES string of the molecule is CO[C@H]1[C@@H](O)[C@@H](C)O[C@@H](O[C@H]2[C@@H](OC)C[C@H](O[C@H]3[C@@H](OC)C[C@H](O[C@H]4[C@@H](O)C[C@H](C)O[C@@H]4C)O[C@@H]3C)O[C@@H]2C)[C@@H]1OC(C)=O. The van der Waals surface area contributed by atoms with Crippen LogP contribution >= 0.6 is 0 Å². The second-order valence-corrected chi connectivity index (χ2v) is 12.3. The molecule has 0 saturated carbocycles. The maximum Gasteiger partial charge on any atom is 0.303 e. The molecule has 4 aliphatic heterocycles. The Bertz CT molecular complexity index is 897. The van der Waals surface area contributed by atoms with E-state index in [0.717, 1.165) is 0 Å². The summed E-state index contributed by atoms with van der Waals surface area (Å²) in [5.41, 5.74) is 0. The zero-order valence-electron chi connectivity index (χ0n) is 27.2. The van der Waals surface area contributed by atoms with E-state index < -0.39 is 92.0 Å². The normalized spacial score (nSPS) is 48.6. The number of carbonyl (C=O) groups is 1. The van der Waals surface area contributed by atoms with Crippen molar-refractivity contribution in [2.75, 3.05) is 21.3 Å². The second kappa shape index (κ2) is 15.7. The highest BCUT2D eigenvalue weighted by Gasteiger charge is 2.51. The summed E-state index contributed by atoms with van der Waals surface area (Å²) in [6.07, 6.45) is -8.98. The minimum Gasteiger partial charge on any atom is -0.454 e. The average molecular weight is 637 g/mol. The minimum atomic E-state index is -1.03. The van der Waals surface area contributed by atoms with Crippen LogP contribution < -0.4 is 0 Å². The zero-order valence-corrected chi connectivity index (χ0v) is 27.2. The predicted octanol–water partition coefficient (Wildman–Crippen LogP) is 1.05. The third-order valence-corrected chi connectivity index (χ3v) is 8.95. The van der Waals surface area contributed by atoms with Gasteiger partial charge in [0, 0.05) is 47.5 Å².